The van der Waals surface area contributed by atoms with Crippen LogP contribution in [-0.2, 0) is 16.8 Å². The number of methoxy groups -OCH3 is 1. The Kier molecular flexibility index (Phi) is 4.89. The average molecular weight is 303 g/mol. The minimum atomic E-state index is -0.539. The van der Waals surface area contributed by atoms with Crippen molar-refractivity contribution in [2.75, 3.05) is 7.11 Å². The third-order valence-corrected chi connectivity index (χ3v) is 3.86. The van der Waals surface area contributed by atoms with Gasteiger partial charge < -0.3 is 9.72 Å². The Bertz CT molecular complexity index is 439. The summed E-state index contributed by atoms with van der Waals surface area (Å²) in [6.45, 7) is 5.99. The number of rotatable bonds is 5. The number of nitrogens with one attached hydrogen (secondary N) is 1. The predicted molar refractivity (Wildman–Crippen MR) is 71.2 cm³/mol. The van der Waals surface area contributed by atoms with Gasteiger partial charge in [-0.1, -0.05) is 20.3 Å². The van der Waals surface area contributed by atoms with Gasteiger partial charge >= 0.3 is 0 Å². The third-order valence-electron chi connectivity index (χ3n) is 3.04. The summed E-state index contributed by atoms with van der Waals surface area (Å²) in [5, 5.41) is 0. The van der Waals surface area contributed by atoms with Crippen LogP contribution in [0, 0.1) is 0 Å². The van der Waals surface area contributed by atoms with E-state index in [1.807, 2.05) is 13.8 Å². The van der Waals surface area contributed by atoms with Crippen LogP contribution in [0.1, 0.15) is 45.1 Å². The minimum absolute atomic E-state index is 0.143. The lowest BCUT2D eigenvalue weighted by Crippen LogP contribution is -2.30. The Labute approximate surface area is 110 Å². The highest BCUT2D eigenvalue weighted by Crippen LogP contribution is 2.25. The van der Waals surface area contributed by atoms with Crippen LogP contribution in [0.2, 0.25) is 0 Å². The molecule has 96 valence electrons. The molecule has 1 aromatic heterocycles. The lowest BCUT2D eigenvalue weighted by Gasteiger charge is -2.25. The van der Waals surface area contributed by atoms with E-state index in [1.54, 1.807) is 7.11 Å². The second-order valence-corrected chi connectivity index (χ2v) is 5.01. The van der Waals surface area contributed by atoms with E-state index in [0.717, 1.165) is 25.0 Å². The number of hydrogen-bond acceptors (Lipinski definition) is 3. The maximum atomic E-state index is 11.8. The van der Waals surface area contributed by atoms with Gasteiger partial charge in [-0.3, -0.25) is 4.79 Å². The van der Waals surface area contributed by atoms with Crippen molar-refractivity contribution in [2.24, 2.45) is 0 Å². The summed E-state index contributed by atoms with van der Waals surface area (Å²) in [4.78, 5) is 19.1. The van der Waals surface area contributed by atoms with Crippen LogP contribution in [0.15, 0.2) is 9.27 Å². The van der Waals surface area contributed by atoms with Gasteiger partial charge in [-0.2, -0.15) is 0 Å². The summed E-state index contributed by atoms with van der Waals surface area (Å²) < 4.78 is 5.98. The monoisotopic (exact) mass is 302 g/mol. The van der Waals surface area contributed by atoms with Crippen LogP contribution >= 0.6 is 15.9 Å². The van der Waals surface area contributed by atoms with Crippen molar-refractivity contribution in [3.05, 3.63) is 26.3 Å². The number of aryl methyl sites for hydroxylation is 1. The van der Waals surface area contributed by atoms with Gasteiger partial charge in [-0.05, 0) is 35.7 Å². The normalized spacial score (nSPS) is 14.6. The molecule has 5 heteroatoms. The molecule has 0 saturated heterocycles. The summed E-state index contributed by atoms with van der Waals surface area (Å²) in [5.41, 5.74) is 0.112. The van der Waals surface area contributed by atoms with Crippen molar-refractivity contribution < 1.29 is 4.74 Å². The van der Waals surface area contributed by atoms with E-state index in [4.69, 9.17) is 4.74 Å². The SMILES string of the molecule is CCCc1nc(C(C)(CC)OC)[nH]c(=O)c1Br. The fourth-order valence-corrected chi connectivity index (χ4v) is 1.95. The molecule has 1 heterocycles. The van der Waals surface area contributed by atoms with E-state index < -0.39 is 5.60 Å². The van der Waals surface area contributed by atoms with Gasteiger partial charge in [0.05, 0.1) is 5.69 Å². The summed E-state index contributed by atoms with van der Waals surface area (Å²) in [6.07, 6.45) is 2.48. The van der Waals surface area contributed by atoms with E-state index in [9.17, 15) is 4.79 Å². The Morgan fingerprint density at radius 2 is 2.12 bits per heavy atom. The minimum Gasteiger partial charge on any atom is -0.371 e. The first-order valence-corrected chi connectivity index (χ1v) is 6.62. The summed E-state index contributed by atoms with van der Waals surface area (Å²) in [6, 6.07) is 0. The summed E-state index contributed by atoms with van der Waals surface area (Å²) >= 11 is 3.28. The van der Waals surface area contributed by atoms with E-state index in [-0.39, 0.29) is 5.56 Å². The van der Waals surface area contributed by atoms with E-state index in [2.05, 4.69) is 32.8 Å². The van der Waals surface area contributed by atoms with Crippen LogP contribution < -0.4 is 5.56 Å². The smallest absolute Gasteiger partial charge is 0.265 e. The van der Waals surface area contributed by atoms with E-state index in [0.29, 0.717) is 10.3 Å². The topological polar surface area (TPSA) is 55.0 Å². The molecule has 1 unspecified atom stereocenters. The largest absolute Gasteiger partial charge is 0.371 e. The van der Waals surface area contributed by atoms with Gasteiger partial charge in [0.25, 0.3) is 5.56 Å². The van der Waals surface area contributed by atoms with Crippen LogP contribution in [0.4, 0.5) is 0 Å². The molecule has 1 aromatic rings. The fourth-order valence-electron chi connectivity index (χ4n) is 1.57. The zero-order valence-corrected chi connectivity index (χ0v) is 12.3. The van der Waals surface area contributed by atoms with Crippen molar-refractivity contribution in [2.45, 2.75) is 45.6 Å². The van der Waals surface area contributed by atoms with Crippen LogP contribution in [0.25, 0.3) is 0 Å². The highest BCUT2D eigenvalue weighted by Gasteiger charge is 2.28. The molecule has 0 radical (unpaired) electrons. The molecule has 0 amide bonds. The Balaban J connectivity index is 3.32. The number of aromatic nitrogens is 2. The molecule has 0 spiro atoms. The zero-order valence-electron chi connectivity index (χ0n) is 10.8. The van der Waals surface area contributed by atoms with Gasteiger partial charge in [0.2, 0.25) is 0 Å². The Morgan fingerprint density at radius 1 is 1.47 bits per heavy atom. The molecule has 0 aromatic carbocycles. The highest BCUT2D eigenvalue weighted by molar-refractivity contribution is 9.10. The standard InChI is InChI=1S/C12H19BrN2O2/c1-5-7-8-9(13)10(16)15-11(14-8)12(3,6-2)17-4/h5-7H2,1-4H3,(H,14,15,16). The maximum Gasteiger partial charge on any atom is 0.265 e. The molecule has 4 nitrogen and oxygen atoms in total. The molecular formula is C12H19BrN2O2. The van der Waals surface area contributed by atoms with Crippen molar-refractivity contribution in [3.63, 3.8) is 0 Å². The van der Waals surface area contributed by atoms with Gasteiger partial charge in [-0.15, -0.1) is 0 Å². The number of halogens is 1. The molecule has 0 aliphatic carbocycles. The van der Waals surface area contributed by atoms with Crippen molar-refractivity contribution >= 4 is 15.9 Å². The zero-order chi connectivity index (χ0) is 13.1. The highest BCUT2D eigenvalue weighted by atomic mass is 79.9. The molecule has 0 bridgehead atoms. The van der Waals surface area contributed by atoms with Gasteiger partial charge in [0, 0.05) is 7.11 Å². The maximum absolute atomic E-state index is 11.8. The summed E-state index contributed by atoms with van der Waals surface area (Å²) in [7, 11) is 1.63. The molecule has 17 heavy (non-hydrogen) atoms. The summed E-state index contributed by atoms with van der Waals surface area (Å²) in [5.74, 6) is 0.596. The molecular weight excluding hydrogens is 284 g/mol. The molecule has 1 rings (SSSR count). The van der Waals surface area contributed by atoms with E-state index >= 15 is 0 Å². The first kappa shape index (κ1) is 14.4. The molecule has 0 aliphatic heterocycles. The second kappa shape index (κ2) is 5.78. The van der Waals surface area contributed by atoms with Gasteiger partial charge in [-0.25, -0.2) is 4.98 Å². The molecule has 0 fully saturated rings. The number of aromatic amines is 1. The van der Waals surface area contributed by atoms with Crippen molar-refractivity contribution in [1.82, 2.24) is 9.97 Å². The molecule has 1 atom stereocenters. The predicted octanol–water partition coefficient (Wildman–Crippen LogP) is 2.76. The number of nitrogens with zero attached hydrogens (tertiary/aromatic N) is 1. The first-order valence-electron chi connectivity index (χ1n) is 5.82. The number of H-pyrrole nitrogens is 1. The molecule has 0 saturated carbocycles. The average Bonchev–Trinajstić information content (AvgIpc) is 2.34. The fraction of sp³-hybridized carbons (Fsp3) is 0.667. The lowest BCUT2D eigenvalue weighted by molar-refractivity contribution is -0.00939. The van der Waals surface area contributed by atoms with Crippen LogP contribution in [0.5, 0.6) is 0 Å². The van der Waals surface area contributed by atoms with Crippen LogP contribution in [-0.4, -0.2) is 17.1 Å². The second-order valence-electron chi connectivity index (χ2n) is 4.21. The van der Waals surface area contributed by atoms with Gasteiger partial charge in [0.15, 0.2) is 0 Å². The van der Waals surface area contributed by atoms with Crippen molar-refractivity contribution in [3.8, 4) is 0 Å². The lowest BCUT2D eigenvalue weighted by atomic mass is 10.0. The quantitative estimate of drug-likeness (QED) is 0.910. The first-order chi connectivity index (χ1) is 7.98. The van der Waals surface area contributed by atoms with Crippen LogP contribution in [0.3, 0.4) is 0 Å². The van der Waals surface area contributed by atoms with Gasteiger partial charge in [0.1, 0.15) is 15.9 Å². The number of ether oxygens (including phenoxy) is 1. The third kappa shape index (κ3) is 2.96. The number of hydrogen-bond donors (Lipinski definition) is 1. The Morgan fingerprint density at radius 3 is 2.59 bits per heavy atom. The molecule has 0 aliphatic rings. The Hall–Kier alpha value is -0.680. The molecule has 1 N–H and O–H groups in total. The van der Waals surface area contributed by atoms with Crippen molar-refractivity contribution in [1.29, 1.82) is 0 Å². The van der Waals surface area contributed by atoms with E-state index in [1.165, 1.54) is 0 Å².